The van der Waals surface area contributed by atoms with Crippen LogP contribution in [0.4, 0.5) is 0 Å². The van der Waals surface area contributed by atoms with Crippen molar-refractivity contribution in [2.75, 3.05) is 13.1 Å². The van der Waals surface area contributed by atoms with Crippen molar-refractivity contribution in [2.24, 2.45) is 5.92 Å². The van der Waals surface area contributed by atoms with Gasteiger partial charge in [-0.2, -0.15) is 0 Å². The van der Waals surface area contributed by atoms with Gasteiger partial charge in [0.25, 0.3) is 5.91 Å². The number of nitrogens with zero attached hydrogens (tertiary/aromatic N) is 1. The zero-order valence-electron chi connectivity index (χ0n) is 15.7. The number of rotatable bonds is 5. The summed E-state index contributed by atoms with van der Waals surface area (Å²) in [6.45, 7) is 5.27. The SMILES string of the molecule is CC(Sc1ccccc1C(=O)N1CCC(c2ccccc2)C(C)C1)C(=O)O. The monoisotopic (exact) mass is 383 g/mol. The fourth-order valence-electron chi connectivity index (χ4n) is 3.68. The van der Waals surface area contributed by atoms with Crippen LogP contribution >= 0.6 is 11.8 Å². The molecule has 0 saturated carbocycles. The van der Waals surface area contributed by atoms with Gasteiger partial charge in [-0.1, -0.05) is 49.4 Å². The van der Waals surface area contributed by atoms with Gasteiger partial charge < -0.3 is 10.0 Å². The van der Waals surface area contributed by atoms with Gasteiger partial charge in [-0.3, -0.25) is 9.59 Å². The number of thioether (sulfide) groups is 1. The molecule has 0 bridgehead atoms. The van der Waals surface area contributed by atoms with E-state index < -0.39 is 11.2 Å². The maximum absolute atomic E-state index is 13.1. The quantitative estimate of drug-likeness (QED) is 0.772. The van der Waals surface area contributed by atoms with Crippen LogP contribution in [-0.4, -0.2) is 40.2 Å². The molecule has 1 N–H and O–H groups in total. The molecule has 3 atom stereocenters. The Morgan fingerprint density at radius 2 is 1.78 bits per heavy atom. The molecule has 3 unspecified atom stereocenters. The molecule has 1 saturated heterocycles. The van der Waals surface area contributed by atoms with Gasteiger partial charge in [0.05, 0.1) is 5.56 Å². The minimum Gasteiger partial charge on any atom is -0.480 e. The van der Waals surface area contributed by atoms with Crippen molar-refractivity contribution in [3.05, 3.63) is 65.7 Å². The van der Waals surface area contributed by atoms with Crippen molar-refractivity contribution >= 4 is 23.6 Å². The average Bonchev–Trinajstić information content (AvgIpc) is 2.68. The zero-order chi connectivity index (χ0) is 19.4. The number of hydrogen-bond donors (Lipinski definition) is 1. The first-order chi connectivity index (χ1) is 13.0. The molecule has 2 aromatic carbocycles. The summed E-state index contributed by atoms with van der Waals surface area (Å²) >= 11 is 1.22. The lowest BCUT2D eigenvalue weighted by molar-refractivity contribution is -0.136. The minimum absolute atomic E-state index is 0.00551. The summed E-state index contributed by atoms with van der Waals surface area (Å²) < 4.78 is 0. The van der Waals surface area contributed by atoms with E-state index in [0.717, 1.165) is 17.9 Å². The van der Waals surface area contributed by atoms with E-state index in [1.807, 2.05) is 29.2 Å². The van der Waals surface area contributed by atoms with Crippen LogP contribution in [0.3, 0.4) is 0 Å². The largest absolute Gasteiger partial charge is 0.480 e. The van der Waals surface area contributed by atoms with Crippen LogP contribution in [0, 0.1) is 5.92 Å². The lowest BCUT2D eigenvalue weighted by Crippen LogP contribution is -2.42. The van der Waals surface area contributed by atoms with Crippen molar-refractivity contribution in [1.29, 1.82) is 0 Å². The summed E-state index contributed by atoms with van der Waals surface area (Å²) in [5.74, 6) is -0.0386. The van der Waals surface area contributed by atoms with E-state index in [1.54, 1.807) is 13.0 Å². The Kier molecular flexibility index (Phi) is 6.22. The highest BCUT2D eigenvalue weighted by atomic mass is 32.2. The number of aliphatic carboxylic acids is 1. The molecule has 0 spiro atoms. The number of likely N-dealkylation sites (tertiary alicyclic amines) is 1. The molecular formula is C22H25NO3S. The maximum atomic E-state index is 13.1. The van der Waals surface area contributed by atoms with Crippen molar-refractivity contribution < 1.29 is 14.7 Å². The van der Waals surface area contributed by atoms with Crippen LogP contribution in [0.25, 0.3) is 0 Å². The first-order valence-electron chi connectivity index (χ1n) is 9.30. The topological polar surface area (TPSA) is 57.6 Å². The summed E-state index contributed by atoms with van der Waals surface area (Å²) in [6.07, 6.45) is 0.942. The normalized spacial score (nSPS) is 20.9. The van der Waals surface area contributed by atoms with E-state index in [2.05, 4.69) is 31.2 Å². The van der Waals surface area contributed by atoms with E-state index in [1.165, 1.54) is 17.3 Å². The molecule has 0 aliphatic carbocycles. The third-order valence-corrected chi connectivity index (χ3v) is 6.35. The third kappa shape index (κ3) is 4.53. The second-order valence-electron chi connectivity index (χ2n) is 7.13. The Bertz CT molecular complexity index is 808. The number of piperidine rings is 1. The van der Waals surface area contributed by atoms with E-state index >= 15 is 0 Å². The number of benzene rings is 2. The van der Waals surface area contributed by atoms with Gasteiger partial charge in [0, 0.05) is 18.0 Å². The molecule has 1 amide bonds. The lowest BCUT2D eigenvalue weighted by Gasteiger charge is -2.37. The Morgan fingerprint density at radius 3 is 2.44 bits per heavy atom. The van der Waals surface area contributed by atoms with E-state index in [9.17, 15) is 14.7 Å². The summed E-state index contributed by atoms with van der Waals surface area (Å²) in [6, 6.07) is 17.8. The van der Waals surface area contributed by atoms with Crippen LogP contribution in [0.5, 0.6) is 0 Å². The van der Waals surface area contributed by atoms with Crippen LogP contribution in [0.1, 0.15) is 42.1 Å². The molecule has 1 fully saturated rings. The standard InChI is InChI=1S/C22H25NO3S/c1-15-14-23(13-12-18(15)17-8-4-3-5-9-17)21(24)19-10-6-7-11-20(19)27-16(2)22(25)26/h3-11,15-16,18H,12-14H2,1-2H3,(H,25,26). The summed E-state index contributed by atoms with van der Waals surface area (Å²) in [4.78, 5) is 27.0. The molecular weight excluding hydrogens is 358 g/mol. The first kappa shape index (κ1) is 19.5. The molecule has 3 rings (SSSR count). The van der Waals surface area contributed by atoms with Gasteiger partial charge in [0.15, 0.2) is 0 Å². The van der Waals surface area contributed by atoms with Crippen molar-refractivity contribution in [1.82, 2.24) is 4.90 Å². The number of amides is 1. The molecule has 1 aliphatic heterocycles. The molecule has 0 aromatic heterocycles. The fraction of sp³-hybridized carbons (Fsp3) is 0.364. The average molecular weight is 384 g/mol. The predicted octanol–water partition coefficient (Wildman–Crippen LogP) is 4.52. The Morgan fingerprint density at radius 1 is 1.11 bits per heavy atom. The summed E-state index contributed by atoms with van der Waals surface area (Å²) in [5.41, 5.74) is 1.93. The van der Waals surface area contributed by atoms with Gasteiger partial charge in [-0.15, -0.1) is 11.8 Å². The minimum atomic E-state index is -0.875. The van der Waals surface area contributed by atoms with Crippen LogP contribution < -0.4 is 0 Å². The third-order valence-electron chi connectivity index (χ3n) is 5.19. The number of carbonyl (C=O) groups is 2. The Hall–Kier alpha value is -2.27. The maximum Gasteiger partial charge on any atom is 0.316 e. The van der Waals surface area contributed by atoms with Crippen LogP contribution in [-0.2, 0) is 4.79 Å². The molecule has 27 heavy (non-hydrogen) atoms. The number of carbonyl (C=O) groups excluding carboxylic acids is 1. The second kappa shape index (κ2) is 8.61. The van der Waals surface area contributed by atoms with Crippen LogP contribution in [0.15, 0.2) is 59.5 Å². The molecule has 1 heterocycles. The molecule has 1 aliphatic rings. The zero-order valence-corrected chi connectivity index (χ0v) is 16.5. The molecule has 2 aromatic rings. The van der Waals surface area contributed by atoms with E-state index in [4.69, 9.17) is 0 Å². The highest BCUT2D eigenvalue weighted by Gasteiger charge is 2.31. The summed E-state index contributed by atoms with van der Waals surface area (Å²) in [7, 11) is 0. The second-order valence-corrected chi connectivity index (χ2v) is 8.51. The Balaban J connectivity index is 1.73. The van der Waals surface area contributed by atoms with Gasteiger partial charge in [0.2, 0.25) is 0 Å². The molecule has 0 radical (unpaired) electrons. The molecule has 5 heteroatoms. The van der Waals surface area contributed by atoms with Gasteiger partial charge in [-0.05, 0) is 42.9 Å². The first-order valence-corrected chi connectivity index (χ1v) is 10.2. The van der Waals surface area contributed by atoms with Gasteiger partial charge in [0.1, 0.15) is 5.25 Å². The van der Waals surface area contributed by atoms with E-state index in [0.29, 0.717) is 23.9 Å². The Labute approximate surface area is 164 Å². The highest BCUT2D eigenvalue weighted by Crippen LogP contribution is 2.34. The van der Waals surface area contributed by atoms with Crippen molar-refractivity contribution in [2.45, 2.75) is 36.3 Å². The number of carboxylic acids is 1. The predicted molar refractivity (Wildman–Crippen MR) is 108 cm³/mol. The van der Waals surface area contributed by atoms with Crippen molar-refractivity contribution in [3.63, 3.8) is 0 Å². The lowest BCUT2D eigenvalue weighted by atomic mass is 9.81. The summed E-state index contributed by atoms with van der Waals surface area (Å²) in [5, 5.41) is 8.58. The smallest absolute Gasteiger partial charge is 0.316 e. The van der Waals surface area contributed by atoms with Crippen LogP contribution in [0.2, 0.25) is 0 Å². The molecule has 4 nitrogen and oxygen atoms in total. The van der Waals surface area contributed by atoms with E-state index in [-0.39, 0.29) is 5.91 Å². The number of hydrogen-bond acceptors (Lipinski definition) is 3. The highest BCUT2D eigenvalue weighted by molar-refractivity contribution is 8.00. The fourth-order valence-corrected chi connectivity index (χ4v) is 4.60. The number of carboxylic acid groups (broad SMARTS) is 1. The van der Waals surface area contributed by atoms with Gasteiger partial charge in [-0.25, -0.2) is 0 Å². The molecule has 142 valence electrons. The van der Waals surface area contributed by atoms with Crippen molar-refractivity contribution in [3.8, 4) is 0 Å². The van der Waals surface area contributed by atoms with Gasteiger partial charge >= 0.3 is 5.97 Å².